The highest BCUT2D eigenvalue weighted by Gasteiger charge is 2.08. The number of amidine groups is 1. The Kier molecular flexibility index (Phi) is 2.67. The fourth-order valence-electron chi connectivity index (χ4n) is 1.61. The van der Waals surface area contributed by atoms with E-state index in [4.69, 9.17) is 11.1 Å². The first-order chi connectivity index (χ1) is 7.99. The van der Waals surface area contributed by atoms with Gasteiger partial charge in [-0.2, -0.15) is 4.98 Å². The summed E-state index contributed by atoms with van der Waals surface area (Å²) in [6, 6.07) is 5.05. The van der Waals surface area contributed by atoms with Crippen molar-refractivity contribution in [1.82, 2.24) is 9.97 Å². The Hall–Kier alpha value is -2.17. The lowest BCUT2D eigenvalue weighted by molar-refractivity contribution is 0.776. The van der Waals surface area contributed by atoms with E-state index in [2.05, 4.69) is 9.97 Å². The van der Waals surface area contributed by atoms with Gasteiger partial charge in [-0.05, 0) is 18.2 Å². The number of nitrogens with zero attached hydrogens (tertiary/aromatic N) is 1. The van der Waals surface area contributed by atoms with Gasteiger partial charge in [-0.15, -0.1) is 0 Å². The normalized spacial score (nSPS) is 11.0. The Labute approximate surface area is 98.2 Å². The van der Waals surface area contributed by atoms with Gasteiger partial charge in [0.05, 0.1) is 10.9 Å². The minimum absolute atomic E-state index is 0.0563. The zero-order chi connectivity index (χ0) is 12.6. The predicted molar refractivity (Wildman–Crippen MR) is 67.5 cm³/mol. The van der Waals surface area contributed by atoms with E-state index < -0.39 is 0 Å². The minimum atomic E-state index is -0.287. The number of aromatic amines is 1. The van der Waals surface area contributed by atoms with Gasteiger partial charge < -0.3 is 10.7 Å². The molecule has 1 heterocycles. The standard InChI is InChI=1S/C12H14N4O/c1-6(2)11-15-9-4-3-7(10(13)14)5-8(9)12(17)16-11/h3-6H,1-2H3,(H3,13,14)(H,15,16,17). The number of nitrogen functional groups attached to an aromatic ring is 1. The lowest BCUT2D eigenvalue weighted by atomic mass is 10.1. The molecule has 17 heavy (non-hydrogen) atoms. The highest BCUT2D eigenvalue weighted by molar-refractivity contribution is 5.98. The molecule has 1 aromatic heterocycles. The molecule has 0 radical (unpaired) electrons. The van der Waals surface area contributed by atoms with Crippen molar-refractivity contribution in [3.8, 4) is 0 Å². The van der Waals surface area contributed by atoms with Crippen molar-refractivity contribution in [3.63, 3.8) is 0 Å². The van der Waals surface area contributed by atoms with E-state index in [1.165, 1.54) is 0 Å². The number of nitrogens with two attached hydrogens (primary N) is 1. The Morgan fingerprint density at radius 2 is 2.18 bits per heavy atom. The zero-order valence-corrected chi connectivity index (χ0v) is 9.74. The molecule has 0 saturated heterocycles. The monoisotopic (exact) mass is 230 g/mol. The van der Waals surface area contributed by atoms with Gasteiger partial charge in [-0.25, -0.2) is 0 Å². The van der Waals surface area contributed by atoms with Crippen LogP contribution in [0.3, 0.4) is 0 Å². The van der Waals surface area contributed by atoms with Gasteiger partial charge in [0, 0.05) is 11.5 Å². The van der Waals surface area contributed by atoms with Crippen LogP contribution in [-0.4, -0.2) is 15.8 Å². The van der Waals surface area contributed by atoms with Crippen molar-refractivity contribution >= 4 is 16.7 Å². The van der Waals surface area contributed by atoms with Crippen LogP contribution in [0.2, 0.25) is 0 Å². The van der Waals surface area contributed by atoms with E-state index in [1.54, 1.807) is 18.2 Å². The third-order valence-electron chi connectivity index (χ3n) is 2.59. The number of benzene rings is 1. The van der Waals surface area contributed by atoms with Gasteiger partial charge in [0.15, 0.2) is 0 Å². The number of nitrogens with one attached hydrogen (secondary N) is 2. The molecule has 5 heteroatoms. The van der Waals surface area contributed by atoms with Gasteiger partial charge in [-0.1, -0.05) is 13.8 Å². The van der Waals surface area contributed by atoms with Crippen LogP contribution < -0.4 is 11.3 Å². The van der Waals surface area contributed by atoms with E-state index in [0.29, 0.717) is 16.8 Å². The Morgan fingerprint density at radius 1 is 1.47 bits per heavy atom. The van der Waals surface area contributed by atoms with Gasteiger partial charge >= 0.3 is 0 Å². The van der Waals surface area contributed by atoms with Crippen molar-refractivity contribution in [1.29, 1.82) is 5.41 Å². The lowest BCUT2D eigenvalue weighted by Crippen LogP contribution is -2.15. The highest BCUT2D eigenvalue weighted by Crippen LogP contribution is 2.13. The van der Waals surface area contributed by atoms with Crippen molar-refractivity contribution < 1.29 is 0 Å². The molecule has 0 atom stereocenters. The molecular weight excluding hydrogens is 216 g/mol. The van der Waals surface area contributed by atoms with Crippen molar-refractivity contribution in [3.05, 3.63) is 39.9 Å². The van der Waals surface area contributed by atoms with Crippen LogP contribution >= 0.6 is 0 Å². The molecule has 1 aromatic carbocycles. The summed E-state index contributed by atoms with van der Waals surface area (Å²) in [4.78, 5) is 18.9. The second kappa shape index (κ2) is 4.01. The summed E-state index contributed by atoms with van der Waals surface area (Å²) in [5, 5.41) is 7.80. The highest BCUT2D eigenvalue weighted by atomic mass is 16.1. The molecule has 88 valence electrons. The van der Waals surface area contributed by atoms with Gasteiger partial charge in [0.25, 0.3) is 5.56 Å². The number of rotatable bonds is 2. The largest absolute Gasteiger partial charge is 0.384 e. The molecule has 4 N–H and O–H groups in total. The number of hydrogen-bond acceptors (Lipinski definition) is 3. The number of hydrogen-bond donors (Lipinski definition) is 3. The third-order valence-corrected chi connectivity index (χ3v) is 2.59. The predicted octanol–water partition coefficient (Wildman–Crippen LogP) is 1.33. The fourth-order valence-corrected chi connectivity index (χ4v) is 1.61. The van der Waals surface area contributed by atoms with Crippen molar-refractivity contribution in [2.45, 2.75) is 19.8 Å². The van der Waals surface area contributed by atoms with E-state index in [1.807, 2.05) is 13.8 Å². The SMILES string of the molecule is CC(C)c1nc(=O)c2cc(C(=N)N)ccc2[nH]1. The van der Waals surface area contributed by atoms with Gasteiger partial charge in [0.1, 0.15) is 11.7 Å². The topological polar surface area (TPSA) is 95.6 Å². The second-order valence-corrected chi connectivity index (χ2v) is 4.26. The quantitative estimate of drug-likeness (QED) is 0.536. The Morgan fingerprint density at radius 3 is 2.76 bits per heavy atom. The molecule has 2 aromatic rings. The van der Waals surface area contributed by atoms with Crippen LogP contribution in [0.1, 0.15) is 31.2 Å². The maximum absolute atomic E-state index is 11.8. The minimum Gasteiger partial charge on any atom is -0.384 e. The molecule has 2 rings (SSSR count). The van der Waals surface area contributed by atoms with Gasteiger partial charge in [0.2, 0.25) is 0 Å². The van der Waals surface area contributed by atoms with E-state index in [0.717, 1.165) is 5.52 Å². The van der Waals surface area contributed by atoms with Crippen LogP contribution in [0.25, 0.3) is 10.9 Å². The molecule has 5 nitrogen and oxygen atoms in total. The Balaban J connectivity index is 2.73. The summed E-state index contributed by atoms with van der Waals surface area (Å²) in [7, 11) is 0. The first-order valence-electron chi connectivity index (χ1n) is 5.37. The summed E-state index contributed by atoms with van der Waals surface area (Å²) in [6.07, 6.45) is 0. The molecule has 0 aliphatic heterocycles. The molecule has 0 fully saturated rings. The van der Waals surface area contributed by atoms with Gasteiger partial charge in [-0.3, -0.25) is 10.2 Å². The summed E-state index contributed by atoms with van der Waals surface area (Å²) in [5.41, 5.74) is 6.35. The summed E-state index contributed by atoms with van der Waals surface area (Å²) < 4.78 is 0. The molecule has 0 bridgehead atoms. The summed E-state index contributed by atoms with van der Waals surface area (Å²) >= 11 is 0. The summed E-state index contributed by atoms with van der Waals surface area (Å²) in [6.45, 7) is 3.93. The molecule has 0 saturated carbocycles. The van der Waals surface area contributed by atoms with E-state index in [9.17, 15) is 4.79 Å². The van der Waals surface area contributed by atoms with Crippen molar-refractivity contribution in [2.24, 2.45) is 5.73 Å². The van der Waals surface area contributed by atoms with Crippen LogP contribution in [0, 0.1) is 5.41 Å². The van der Waals surface area contributed by atoms with E-state index in [-0.39, 0.29) is 17.3 Å². The second-order valence-electron chi connectivity index (χ2n) is 4.26. The number of aromatic nitrogens is 2. The van der Waals surface area contributed by atoms with Crippen LogP contribution in [0.15, 0.2) is 23.0 Å². The van der Waals surface area contributed by atoms with Crippen molar-refractivity contribution in [2.75, 3.05) is 0 Å². The average Bonchev–Trinajstić information content (AvgIpc) is 2.28. The van der Waals surface area contributed by atoms with Crippen LogP contribution in [0.4, 0.5) is 0 Å². The zero-order valence-electron chi connectivity index (χ0n) is 9.74. The van der Waals surface area contributed by atoms with Crippen LogP contribution in [0.5, 0.6) is 0 Å². The Bertz CT molecular complexity index is 642. The molecule has 0 spiro atoms. The molecule has 0 unspecified atom stereocenters. The number of fused-ring (bicyclic) bond motifs is 1. The molecule has 0 aliphatic rings. The van der Waals surface area contributed by atoms with E-state index >= 15 is 0 Å². The summed E-state index contributed by atoms with van der Waals surface area (Å²) in [5.74, 6) is 0.775. The fraction of sp³-hybridized carbons (Fsp3) is 0.250. The van der Waals surface area contributed by atoms with Crippen LogP contribution in [-0.2, 0) is 0 Å². The average molecular weight is 230 g/mol. The molecule has 0 aliphatic carbocycles. The number of H-pyrrole nitrogens is 1. The molecular formula is C12H14N4O. The smallest absolute Gasteiger partial charge is 0.280 e. The maximum Gasteiger partial charge on any atom is 0.280 e. The first kappa shape index (κ1) is 11.3. The lowest BCUT2D eigenvalue weighted by Gasteiger charge is -2.06. The third kappa shape index (κ3) is 2.04. The first-order valence-corrected chi connectivity index (χ1v) is 5.37. The maximum atomic E-state index is 11.8. The molecule has 0 amide bonds.